The van der Waals surface area contributed by atoms with E-state index in [0.29, 0.717) is 10.6 Å². The van der Waals surface area contributed by atoms with Crippen LogP contribution in [0.3, 0.4) is 0 Å². The molecule has 0 heterocycles. The van der Waals surface area contributed by atoms with Crippen molar-refractivity contribution in [1.82, 2.24) is 5.32 Å². The second-order valence-corrected chi connectivity index (χ2v) is 2.41. The highest BCUT2D eigenvalue weighted by molar-refractivity contribution is 6.30. The summed E-state index contributed by atoms with van der Waals surface area (Å²) in [4.78, 5) is 11.0. The second kappa shape index (κ2) is 3.39. The minimum Gasteiger partial charge on any atom is -0.355 e. The number of benzene rings is 1. The topological polar surface area (TPSA) is 29.1 Å². The van der Waals surface area contributed by atoms with Crippen molar-refractivity contribution in [3.05, 3.63) is 34.9 Å². The number of nitrogens with one attached hydrogen (secondary N) is 1. The van der Waals surface area contributed by atoms with Gasteiger partial charge in [0, 0.05) is 23.7 Å². The van der Waals surface area contributed by atoms with Crippen LogP contribution in [-0.4, -0.2) is 13.0 Å². The molecule has 0 saturated carbocycles. The molecule has 0 aliphatic heterocycles. The number of carbonyl (C=O) groups excluding carboxylic acids is 1. The molecule has 3 heteroatoms. The molecule has 0 saturated heterocycles. The maximum absolute atomic E-state index is 11.0. The van der Waals surface area contributed by atoms with Gasteiger partial charge in [-0.25, -0.2) is 0 Å². The first-order valence-electron chi connectivity index (χ1n) is 3.13. The Balaban J connectivity index is 2.96. The Bertz CT molecular complexity index is 273. The summed E-state index contributed by atoms with van der Waals surface area (Å²) in [5.74, 6) is -0.138. The van der Waals surface area contributed by atoms with Gasteiger partial charge in [-0.2, -0.15) is 0 Å². The van der Waals surface area contributed by atoms with Gasteiger partial charge in [-0.15, -0.1) is 0 Å². The van der Waals surface area contributed by atoms with E-state index in [1.54, 1.807) is 25.2 Å². The van der Waals surface area contributed by atoms with Crippen molar-refractivity contribution < 1.29 is 4.79 Å². The van der Waals surface area contributed by atoms with Crippen LogP contribution in [-0.2, 0) is 0 Å². The summed E-state index contributed by atoms with van der Waals surface area (Å²) in [6, 6.07) is 7.58. The zero-order valence-electron chi connectivity index (χ0n) is 6.02. The molecule has 0 bridgehead atoms. The molecule has 0 aliphatic carbocycles. The molecule has 1 amide bonds. The van der Waals surface area contributed by atoms with Gasteiger partial charge in [0.1, 0.15) is 0 Å². The van der Waals surface area contributed by atoms with Crippen LogP contribution < -0.4 is 5.32 Å². The molecule has 0 fully saturated rings. The van der Waals surface area contributed by atoms with E-state index < -0.39 is 0 Å². The molecule has 11 heavy (non-hydrogen) atoms. The maximum atomic E-state index is 11.0. The first kappa shape index (κ1) is 8.08. The molecule has 0 spiro atoms. The highest BCUT2D eigenvalue weighted by atomic mass is 35.5. The fourth-order valence-corrected chi connectivity index (χ4v) is 0.903. The van der Waals surface area contributed by atoms with Gasteiger partial charge in [0.2, 0.25) is 0 Å². The van der Waals surface area contributed by atoms with E-state index in [2.05, 4.69) is 11.4 Å². The number of hydrogen-bond donors (Lipinski definition) is 1. The molecule has 1 N–H and O–H groups in total. The van der Waals surface area contributed by atoms with Gasteiger partial charge in [0.05, 0.1) is 0 Å². The van der Waals surface area contributed by atoms with E-state index in [1.807, 2.05) is 0 Å². The van der Waals surface area contributed by atoms with Gasteiger partial charge in [-0.1, -0.05) is 17.7 Å². The van der Waals surface area contributed by atoms with E-state index in [9.17, 15) is 4.79 Å². The molecular weight excluding hydrogens is 162 g/mol. The van der Waals surface area contributed by atoms with Crippen molar-refractivity contribution >= 4 is 17.5 Å². The minimum atomic E-state index is -0.138. The average molecular weight is 169 g/mol. The second-order valence-electron chi connectivity index (χ2n) is 2.00. The van der Waals surface area contributed by atoms with Crippen LogP contribution in [0.4, 0.5) is 0 Å². The number of hydrogen-bond acceptors (Lipinski definition) is 1. The number of carbonyl (C=O) groups is 1. The third-order valence-corrected chi connectivity index (χ3v) is 1.47. The van der Waals surface area contributed by atoms with Crippen LogP contribution in [0.5, 0.6) is 0 Å². The third kappa shape index (κ3) is 1.95. The van der Waals surface area contributed by atoms with Crippen molar-refractivity contribution in [2.24, 2.45) is 0 Å². The zero-order valence-corrected chi connectivity index (χ0v) is 6.77. The van der Waals surface area contributed by atoms with E-state index in [-0.39, 0.29) is 5.91 Å². The molecule has 0 unspecified atom stereocenters. The fraction of sp³-hybridized carbons (Fsp3) is 0.125. The molecule has 0 aliphatic rings. The van der Waals surface area contributed by atoms with E-state index in [0.717, 1.165) is 0 Å². The number of rotatable bonds is 1. The van der Waals surface area contributed by atoms with Gasteiger partial charge in [-0.3, -0.25) is 4.79 Å². The molecular formula is C8H7ClNO. The van der Waals surface area contributed by atoms with Crippen molar-refractivity contribution in [2.45, 2.75) is 0 Å². The van der Waals surface area contributed by atoms with Crippen LogP contribution in [0.15, 0.2) is 18.2 Å². The SMILES string of the molecule is CNC(=O)c1cc[c]c(Cl)c1. The zero-order chi connectivity index (χ0) is 8.27. The summed E-state index contributed by atoms with van der Waals surface area (Å²) >= 11 is 5.61. The summed E-state index contributed by atoms with van der Waals surface area (Å²) < 4.78 is 0. The molecule has 2 nitrogen and oxygen atoms in total. The lowest BCUT2D eigenvalue weighted by molar-refractivity contribution is 0.0963. The smallest absolute Gasteiger partial charge is 0.251 e. The van der Waals surface area contributed by atoms with E-state index in [1.165, 1.54) is 0 Å². The molecule has 0 atom stereocenters. The Morgan fingerprint density at radius 1 is 1.73 bits per heavy atom. The van der Waals surface area contributed by atoms with Crippen molar-refractivity contribution in [3.8, 4) is 0 Å². The van der Waals surface area contributed by atoms with Crippen LogP contribution in [0.1, 0.15) is 10.4 Å². The highest BCUT2D eigenvalue weighted by Crippen LogP contribution is 2.09. The Morgan fingerprint density at radius 2 is 2.45 bits per heavy atom. The van der Waals surface area contributed by atoms with E-state index in [4.69, 9.17) is 11.6 Å². The molecule has 0 aromatic heterocycles. The Morgan fingerprint density at radius 3 is 3.00 bits per heavy atom. The van der Waals surface area contributed by atoms with Gasteiger partial charge >= 0.3 is 0 Å². The van der Waals surface area contributed by atoms with E-state index >= 15 is 0 Å². The first-order chi connectivity index (χ1) is 5.24. The fourth-order valence-electron chi connectivity index (χ4n) is 0.723. The lowest BCUT2D eigenvalue weighted by atomic mass is 10.2. The Hall–Kier alpha value is -1.02. The molecule has 1 aromatic rings. The Kier molecular flexibility index (Phi) is 2.49. The maximum Gasteiger partial charge on any atom is 0.251 e. The third-order valence-electron chi connectivity index (χ3n) is 1.26. The van der Waals surface area contributed by atoms with Crippen LogP contribution in [0.2, 0.25) is 5.02 Å². The number of amides is 1. The van der Waals surface area contributed by atoms with Gasteiger partial charge in [0.15, 0.2) is 0 Å². The monoisotopic (exact) mass is 168 g/mol. The molecule has 1 aromatic carbocycles. The van der Waals surface area contributed by atoms with Crippen LogP contribution in [0.25, 0.3) is 0 Å². The first-order valence-corrected chi connectivity index (χ1v) is 3.51. The van der Waals surface area contributed by atoms with Crippen molar-refractivity contribution in [3.63, 3.8) is 0 Å². The van der Waals surface area contributed by atoms with Crippen molar-refractivity contribution in [2.75, 3.05) is 7.05 Å². The summed E-state index contributed by atoms with van der Waals surface area (Å²) in [5.41, 5.74) is 0.552. The minimum absolute atomic E-state index is 0.138. The average Bonchev–Trinajstić information content (AvgIpc) is 2.03. The quantitative estimate of drug-likeness (QED) is 0.677. The predicted octanol–water partition coefficient (Wildman–Crippen LogP) is 1.50. The lowest BCUT2D eigenvalue weighted by Crippen LogP contribution is -2.17. The standard InChI is InChI=1S/C8H7ClNO/c1-10-8(11)6-3-2-4-7(9)5-6/h2-3,5H,1H3,(H,10,11). The predicted molar refractivity (Wildman–Crippen MR) is 43.7 cm³/mol. The van der Waals surface area contributed by atoms with Crippen LogP contribution >= 0.6 is 11.6 Å². The summed E-state index contributed by atoms with van der Waals surface area (Å²) in [5, 5.41) is 2.95. The summed E-state index contributed by atoms with van der Waals surface area (Å²) in [6.07, 6.45) is 0. The van der Waals surface area contributed by atoms with Gasteiger partial charge < -0.3 is 5.32 Å². The normalized spacial score (nSPS) is 9.27. The molecule has 57 valence electrons. The number of halogens is 1. The lowest BCUT2D eigenvalue weighted by Gasteiger charge is -1.97. The summed E-state index contributed by atoms with van der Waals surface area (Å²) in [7, 11) is 1.58. The van der Waals surface area contributed by atoms with Gasteiger partial charge in [-0.05, 0) is 12.1 Å². The Labute approximate surface area is 70.2 Å². The largest absolute Gasteiger partial charge is 0.355 e. The van der Waals surface area contributed by atoms with Crippen LogP contribution in [0, 0.1) is 6.07 Å². The highest BCUT2D eigenvalue weighted by Gasteiger charge is 2.01. The molecule has 1 radical (unpaired) electrons. The summed E-state index contributed by atoms with van der Waals surface area (Å²) in [6.45, 7) is 0. The molecule has 1 rings (SSSR count). The van der Waals surface area contributed by atoms with Crippen molar-refractivity contribution in [1.29, 1.82) is 0 Å². The van der Waals surface area contributed by atoms with Gasteiger partial charge in [0.25, 0.3) is 5.91 Å².